The van der Waals surface area contributed by atoms with Crippen molar-refractivity contribution >= 4 is 34.7 Å². The van der Waals surface area contributed by atoms with Crippen LogP contribution in [-0.2, 0) is 13.0 Å². The second-order valence-corrected chi connectivity index (χ2v) is 7.89. The lowest BCUT2D eigenvalue weighted by Gasteiger charge is -2.36. The number of amides is 2. The summed E-state index contributed by atoms with van der Waals surface area (Å²) in [7, 11) is 1.78. The molecule has 5 nitrogen and oxygen atoms in total. The molecule has 0 aliphatic carbocycles. The van der Waals surface area contributed by atoms with Gasteiger partial charge in [-0.15, -0.1) is 11.3 Å². The minimum absolute atomic E-state index is 0.0382. The van der Waals surface area contributed by atoms with Gasteiger partial charge in [-0.05, 0) is 36.6 Å². The van der Waals surface area contributed by atoms with Crippen LogP contribution in [0.25, 0.3) is 10.6 Å². The molecule has 1 aliphatic rings. The highest BCUT2D eigenvalue weighted by Crippen LogP contribution is 2.33. The van der Waals surface area contributed by atoms with Crippen LogP contribution in [0.4, 0.5) is 10.5 Å². The van der Waals surface area contributed by atoms with Crippen molar-refractivity contribution in [2.45, 2.75) is 25.9 Å². The largest absolute Gasteiger partial charge is 0.324 e. The van der Waals surface area contributed by atoms with Crippen molar-refractivity contribution in [2.24, 2.45) is 0 Å². The molecule has 0 saturated heterocycles. The molecule has 7 heteroatoms. The second kappa shape index (κ2) is 6.78. The van der Waals surface area contributed by atoms with Gasteiger partial charge in [0.2, 0.25) is 0 Å². The molecule has 2 aromatic heterocycles. The molecule has 134 valence electrons. The monoisotopic (exact) mass is 386 g/mol. The Kier molecular flexibility index (Phi) is 4.46. The highest BCUT2D eigenvalue weighted by Gasteiger charge is 2.32. The quantitative estimate of drug-likeness (QED) is 0.688. The molecule has 1 aromatic carbocycles. The van der Waals surface area contributed by atoms with Crippen LogP contribution >= 0.6 is 22.9 Å². The Morgan fingerprint density at radius 1 is 1.38 bits per heavy atom. The van der Waals surface area contributed by atoms with Gasteiger partial charge >= 0.3 is 6.03 Å². The fraction of sp³-hybridized carbons (Fsp3) is 0.263. The van der Waals surface area contributed by atoms with E-state index < -0.39 is 0 Å². The van der Waals surface area contributed by atoms with Gasteiger partial charge in [0.05, 0.1) is 11.4 Å². The number of nitrogens with one attached hydrogen (secondary N) is 1. The standard InChI is InChI=1S/C19H19ClN4OS/c1-12-9-16-15(18(22-21-16)17-7-4-8-26-17)11-24(12)19(25)23(2)14-6-3-5-13(20)10-14/h3-8,10,12H,9,11H2,1-2H3,(H,21,22)/t12-/m0/s1. The second-order valence-electron chi connectivity index (χ2n) is 6.51. The first-order valence-corrected chi connectivity index (χ1v) is 9.70. The smallest absolute Gasteiger partial charge is 0.317 e. The first-order valence-electron chi connectivity index (χ1n) is 8.44. The summed E-state index contributed by atoms with van der Waals surface area (Å²) in [5.74, 6) is 0. The van der Waals surface area contributed by atoms with Crippen LogP contribution < -0.4 is 4.90 Å². The number of halogens is 1. The first-order chi connectivity index (χ1) is 12.5. The normalized spacial score (nSPS) is 16.4. The number of urea groups is 1. The average molecular weight is 387 g/mol. The number of anilines is 1. The molecule has 0 saturated carbocycles. The molecule has 0 unspecified atom stereocenters. The summed E-state index contributed by atoms with van der Waals surface area (Å²) < 4.78 is 0. The average Bonchev–Trinajstić information content (AvgIpc) is 3.28. The van der Waals surface area contributed by atoms with Crippen molar-refractivity contribution in [1.29, 1.82) is 0 Å². The van der Waals surface area contributed by atoms with Crippen molar-refractivity contribution < 1.29 is 4.79 Å². The molecular formula is C19H19ClN4OS. The van der Waals surface area contributed by atoms with Crippen LogP contribution in [0, 0.1) is 0 Å². The minimum atomic E-state index is -0.0382. The number of H-pyrrole nitrogens is 1. The van der Waals surface area contributed by atoms with E-state index in [0.29, 0.717) is 11.6 Å². The van der Waals surface area contributed by atoms with Crippen LogP contribution in [0.3, 0.4) is 0 Å². The molecule has 4 rings (SSSR count). The number of aromatic nitrogens is 2. The van der Waals surface area contributed by atoms with Gasteiger partial charge in [0, 0.05) is 41.5 Å². The Morgan fingerprint density at radius 2 is 2.23 bits per heavy atom. The number of fused-ring (bicyclic) bond motifs is 1. The van der Waals surface area contributed by atoms with Crippen LogP contribution in [0.15, 0.2) is 41.8 Å². The summed E-state index contributed by atoms with van der Waals surface area (Å²) in [5, 5.41) is 10.3. The van der Waals surface area contributed by atoms with Gasteiger partial charge in [-0.25, -0.2) is 4.79 Å². The van der Waals surface area contributed by atoms with E-state index in [1.54, 1.807) is 35.4 Å². The topological polar surface area (TPSA) is 52.2 Å². The summed E-state index contributed by atoms with van der Waals surface area (Å²) in [6.45, 7) is 2.61. The Balaban J connectivity index is 1.62. The number of benzene rings is 1. The van der Waals surface area contributed by atoms with E-state index in [0.717, 1.165) is 33.9 Å². The van der Waals surface area contributed by atoms with Gasteiger partial charge in [-0.2, -0.15) is 5.10 Å². The van der Waals surface area contributed by atoms with Gasteiger partial charge < -0.3 is 4.90 Å². The lowest BCUT2D eigenvalue weighted by Crippen LogP contribution is -2.48. The molecule has 0 fully saturated rings. The van der Waals surface area contributed by atoms with Gasteiger partial charge in [0.15, 0.2) is 0 Å². The van der Waals surface area contributed by atoms with E-state index in [1.807, 2.05) is 28.5 Å². The molecule has 0 spiro atoms. The summed E-state index contributed by atoms with van der Waals surface area (Å²) in [6.07, 6.45) is 0.767. The van der Waals surface area contributed by atoms with Crippen LogP contribution in [-0.4, -0.2) is 34.2 Å². The first kappa shape index (κ1) is 17.1. The highest BCUT2D eigenvalue weighted by molar-refractivity contribution is 7.13. The number of hydrogen-bond donors (Lipinski definition) is 1. The van der Waals surface area contributed by atoms with Crippen LogP contribution in [0.5, 0.6) is 0 Å². The predicted octanol–water partition coefficient (Wildman–Crippen LogP) is 4.79. The van der Waals surface area contributed by atoms with E-state index in [2.05, 4.69) is 23.2 Å². The van der Waals surface area contributed by atoms with E-state index in [4.69, 9.17) is 11.6 Å². The Labute approximate surface area is 161 Å². The SMILES string of the molecule is C[C@H]1Cc2[nH]nc(-c3cccs3)c2CN1C(=O)N(C)c1cccc(Cl)c1. The maximum absolute atomic E-state index is 13.1. The third kappa shape index (κ3) is 2.99. The summed E-state index contributed by atoms with van der Waals surface area (Å²) in [4.78, 5) is 17.8. The highest BCUT2D eigenvalue weighted by atomic mass is 35.5. The third-order valence-corrected chi connectivity index (χ3v) is 5.91. The van der Waals surface area contributed by atoms with Crippen molar-refractivity contribution in [3.63, 3.8) is 0 Å². The Hall–Kier alpha value is -2.31. The molecule has 1 aliphatic heterocycles. The number of rotatable bonds is 2. The molecule has 3 aromatic rings. The molecule has 2 amide bonds. The number of carbonyl (C=O) groups excluding carboxylic acids is 1. The molecule has 0 bridgehead atoms. The van der Waals surface area contributed by atoms with Gasteiger partial charge in [-0.3, -0.25) is 10.00 Å². The van der Waals surface area contributed by atoms with Crippen molar-refractivity contribution in [2.75, 3.05) is 11.9 Å². The molecule has 1 N–H and O–H groups in total. The predicted molar refractivity (Wildman–Crippen MR) is 106 cm³/mol. The van der Waals surface area contributed by atoms with Crippen molar-refractivity contribution in [3.05, 3.63) is 58.1 Å². The molecule has 3 heterocycles. The summed E-state index contributed by atoms with van der Waals surface area (Å²) >= 11 is 7.73. The fourth-order valence-electron chi connectivity index (χ4n) is 3.33. The van der Waals surface area contributed by atoms with Gasteiger partial charge in [0.25, 0.3) is 0 Å². The number of thiophene rings is 1. The maximum atomic E-state index is 13.1. The van der Waals surface area contributed by atoms with E-state index in [-0.39, 0.29) is 12.1 Å². The maximum Gasteiger partial charge on any atom is 0.324 e. The zero-order chi connectivity index (χ0) is 18.3. The van der Waals surface area contributed by atoms with Crippen LogP contribution in [0.2, 0.25) is 5.02 Å². The molecular weight excluding hydrogens is 368 g/mol. The molecule has 0 radical (unpaired) electrons. The fourth-order valence-corrected chi connectivity index (χ4v) is 4.26. The van der Waals surface area contributed by atoms with E-state index in [9.17, 15) is 4.79 Å². The zero-order valence-corrected chi connectivity index (χ0v) is 16.1. The molecule has 1 atom stereocenters. The summed E-state index contributed by atoms with van der Waals surface area (Å²) in [6, 6.07) is 11.5. The lowest BCUT2D eigenvalue weighted by molar-refractivity contribution is 0.176. The van der Waals surface area contributed by atoms with E-state index in [1.165, 1.54) is 0 Å². The number of carbonyl (C=O) groups is 1. The number of hydrogen-bond acceptors (Lipinski definition) is 3. The Morgan fingerprint density at radius 3 is 2.96 bits per heavy atom. The van der Waals surface area contributed by atoms with Crippen LogP contribution in [0.1, 0.15) is 18.2 Å². The third-order valence-electron chi connectivity index (χ3n) is 4.80. The Bertz CT molecular complexity index is 937. The molecule has 26 heavy (non-hydrogen) atoms. The lowest BCUT2D eigenvalue weighted by atomic mass is 9.99. The summed E-state index contributed by atoms with van der Waals surface area (Å²) in [5.41, 5.74) is 3.96. The zero-order valence-electron chi connectivity index (χ0n) is 14.6. The van der Waals surface area contributed by atoms with Crippen molar-refractivity contribution in [1.82, 2.24) is 15.1 Å². The minimum Gasteiger partial charge on any atom is -0.317 e. The van der Waals surface area contributed by atoms with Gasteiger partial charge in [-0.1, -0.05) is 23.7 Å². The number of nitrogens with zero attached hydrogens (tertiary/aromatic N) is 3. The van der Waals surface area contributed by atoms with Gasteiger partial charge in [0.1, 0.15) is 5.69 Å². The van der Waals surface area contributed by atoms with Crippen molar-refractivity contribution in [3.8, 4) is 10.6 Å². The van der Waals surface area contributed by atoms with E-state index >= 15 is 0 Å². The number of aromatic amines is 1.